The van der Waals surface area contributed by atoms with Gasteiger partial charge >= 0.3 is 0 Å². The summed E-state index contributed by atoms with van der Waals surface area (Å²) < 4.78 is 16.7. The van der Waals surface area contributed by atoms with Gasteiger partial charge in [0.25, 0.3) is 0 Å². The molecule has 0 saturated heterocycles. The Bertz CT molecular complexity index is 730. The van der Waals surface area contributed by atoms with Crippen LogP contribution in [0.4, 0.5) is 4.39 Å². The van der Waals surface area contributed by atoms with E-state index in [1.807, 2.05) is 35.9 Å². The number of benzene rings is 2. The second-order valence-electron chi connectivity index (χ2n) is 4.29. The van der Waals surface area contributed by atoms with E-state index in [-0.39, 0.29) is 5.82 Å². The van der Waals surface area contributed by atoms with E-state index in [9.17, 15) is 4.39 Å². The number of para-hydroxylation sites is 1. The zero-order valence-electron chi connectivity index (χ0n) is 9.82. The summed E-state index contributed by atoms with van der Waals surface area (Å²) in [4.78, 5) is 0. The highest BCUT2D eigenvalue weighted by molar-refractivity contribution is 9.10. The number of fused-ring (bicyclic) bond motifs is 1. The molecule has 1 nitrogen and oxygen atoms in total. The average molecular weight is 304 g/mol. The number of halogens is 2. The maximum Gasteiger partial charge on any atom is 0.147 e. The molecule has 0 spiro atoms. The van der Waals surface area contributed by atoms with Gasteiger partial charge in [0.15, 0.2) is 0 Å². The highest BCUT2D eigenvalue weighted by Gasteiger charge is 2.10. The number of aromatic nitrogens is 1. The molecule has 0 amide bonds. The number of nitrogens with zero attached hydrogens (tertiary/aromatic N) is 1. The van der Waals surface area contributed by atoms with E-state index in [2.05, 4.69) is 22.0 Å². The predicted octanol–water partition coefficient (Wildman–Crippen LogP) is 4.84. The zero-order chi connectivity index (χ0) is 12.7. The van der Waals surface area contributed by atoms with E-state index in [1.165, 1.54) is 6.07 Å². The Morgan fingerprint density at radius 1 is 1.11 bits per heavy atom. The fourth-order valence-electron chi connectivity index (χ4n) is 2.22. The lowest BCUT2D eigenvalue weighted by molar-refractivity contribution is 0.619. The zero-order valence-corrected chi connectivity index (χ0v) is 11.4. The second kappa shape index (κ2) is 4.25. The first-order chi connectivity index (χ1) is 8.66. The first kappa shape index (κ1) is 11.5. The lowest BCUT2D eigenvalue weighted by Gasteiger charge is -2.07. The fraction of sp³-hybridized carbons (Fsp3) is 0.0667. The van der Waals surface area contributed by atoms with Crippen LogP contribution >= 0.6 is 15.9 Å². The Balaban J connectivity index is 2.35. The van der Waals surface area contributed by atoms with E-state index in [4.69, 9.17) is 0 Å². The van der Waals surface area contributed by atoms with Crippen LogP contribution in [0, 0.1) is 12.7 Å². The van der Waals surface area contributed by atoms with E-state index >= 15 is 0 Å². The SMILES string of the molecule is Cc1cn(-c2cc(Br)ccc2F)c2ccccc12. The standard InChI is InChI=1S/C15H11BrFN/c1-10-9-18(14-5-3-2-4-12(10)14)15-8-11(16)6-7-13(15)17/h2-9H,1H3. The molecule has 0 aliphatic heterocycles. The molecule has 0 radical (unpaired) electrons. The van der Waals surface area contributed by atoms with Gasteiger partial charge in [-0.2, -0.15) is 0 Å². The maximum atomic E-state index is 14.0. The van der Waals surface area contributed by atoms with Gasteiger partial charge in [0.2, 0.25) is 0 Å². The van der Waals surface area contributed by atoms with Gasteiger partial charge in [-0.15, -0.1) is 0 Å². The summed E-state index contributed by atoms with van der Waals surface area (Å²) in [5, 5.41) is 1.15. The first-order valence-corrected chi connectivity index (χ1v) is 6.48. The summed E-state index contributed by atoms with van der Waals surface area (Å²) >= 11 is 3.38. The molecule has 90 valence electrons. The molecule has 0 N–H and O–H groups in total. The molecule has 3 rings (SSSR count). The fourth-order valence-corrected chi connectivity index (χ4v) is 2.57. The summed E-state index contributed by atoms with van der Waals surface area (Å²) in [7, 11) is 0. The molecule has 0 bridgehead atoms. The molecule has 1 aromatic heterocycles. The number of hydrogen-bond acceptors (Lipinski definition) is 0. The smallest absolute Gasteiger partial charge is 0.147 e. The third-order valence-electron chi connectivity index (χ3n) is 3.08. The molecule has 2 aromatic carbocycles. The van der Waals surface area contributed by atoms with Gasteiger partial charge in [0, 0.05) is 16.1 Å². The van der Waals surface area contributed by atoms with Crippen LogP contribution in [0.15, 0.2) is 53.1 Å². The highest BCUT2D eigenvalue weighted by atomic mass is 79.9. The topological polar surface area (TPSA) is 4.93 Å². The van der Waals surface area contributed by atoms with Crippen LogP contribution in [0.2, 0.25) is 0 Å². The van der Waals surface area contributed by atoms with Crippen molar-refractivity contribution in [1.29, 1.82) is 0 Å². The molecule has 0 unspecified atom stereocenters. The minimum absolute atomic E-state index is 0.223. The molecule has 3 aromatic rings. The van der Waals surface area contributed by atoms with Crippen molar-refractivity contribution in [3.8, 4) is 5.69 Å². The Kier molecular flexibility index (Phi) is 2.71. The summed E-state index contributed by atoms with van der Waals surface area (Å²) in [5.41, 5.74) is 2.73. The lowest BCUT2D eigenvalue weighted by Crippen LogP contribution is -1.95. The van der Waals surface area contributed by atoms with Crippen LogP contribution in [0.5, 0.6) is 0 Å². The molecule has 0 aliphatic carbocycles. The van der Waals surface area contributed by atoms with E-state index in [1.54, 1.807) is 12.1 Å². The van der Waals surface area contributed by atoms with Crippen LogP contribution < -0.4 is 0 Å². The Hall–Kier alpha value is -1.61. The molecule has 0 fully saturated rings. The van der Waals surface area contributed by atoms with Gasteiger partial charge in [-0.1, -0.05) is 34.1 Å². The van der Waals surface area contributed by atoms with Crippen LogP contribution in [0.25, 0.3) is 16.6 Å². The van der Waals surface area contributed by atoms with Gasteiger partial charge in [-0.05, 0) is 36.8 Å². The highest BCUT2D eigenvalue weighted by Crippen LogP contribution is 2.27. The number of aryl methyl sites for hydroxylation is 1. The summed E-state index contributed by atoms with van der Waals surface area (Å²) in [6, 6.07) is 13.0. The van der Waals surface area contributed by atoms with Gasteiger partial charge in [-0.25, -0.2) is 4.39 Å². The predicted molar refractivity (Wildman–Crippen MR) is 75.7 cm³/mol. The third kappa shape index (κ3) is 1.75. The van der Waals surface area contributed by atoms with E-state index in [0.29, 0.717) is 5.69 Å². The summed E-state index contributed by atoms with van der Waals surface area (Å²) in [6.45, 7) is 2.04. The lowest BCUT2D eigenvalue weighted by atomic mass is 10.2. The van der Waals surface area contributed by atoms with Gasteiger partial charge in [0.05, 0.1) is 11.2 Å². The normalized spacial score (nSPS) is 11.1. The largest absolute Gasteiger partial charge is 0.314 e. The molecule has 0 saturated carbocycles. The molecular weight excluding hydrogens is 293 g/mol. The Morgan fingerprint density at radius 3 is 2.72 bits per heavy atom. The molecule has 18 heavy (non-hydrogen) atoms. The summed E-state index contributed by atoms with van der Waals surface area (Å²) in [6.07, 6.45) is 1.97. The van der Waals surface area contributed by atoms with Crippen molar-refractivity contribution in [2.75, 3.05) is 0 Å². The minimum Gasteiger partial charge on any atom is -0.314 e. The molecular formula is C15H11BrFN. The van der Waals surface area contributed by atoms with E-state index in [0.717, 1.165) is 20.9 Å². The van der Waals surface area contributed by atoms with Crippen LogP contribution in [0.3, 0.4) is 0 Å². The molecule has 0 aliphatic rings. The van der Waals surface area contributed by atoms with Crippen molar-refractivity contribution in [2.24, 2.45) is 0 Å². The van der Waals surface area contributed by atoms with Crippen molar-refractivity contribution in [2.45, 2.75) is 6.92 Å². The molecule has 1 heterocycles. The average Bonchev–Trinajstić information content (AvgIpc) is 2.71. The number of hydrogen-bond donors (Lipinski definition) is 0. The van der Waals surface area contributed by atoms with Crippen LogP contribution in [-0.4, -0.2) is 4.57 Å². The van der Waals surface area contributed by atoms with Gasteiger partial charge in [0.1, 0.15) is 5.82 Å². The van der Waals surface area contributed by atoms with Gasteiger partial charge in [-0.3, -0.25) is 0 Å². The van der Waals surface area contributed by atoms with Crippen molar-refractivity contribution in [1.82, 2.24) is 4.57 Å². The van der Waals surface area contributed by atoms with Crippen LogP contribution in [0.1, 0.15) is 5.56 Å². The first-order valence-electron chi connectivity index (χ1n) is 5.69. The van der Waals surface area contributed by atoms with Crippen molar-refractivity contribution >= 4 is 26.8 Å². The van der Waals surface area contributed by atoms with Crippen molar-refractivity contribution < 1.29 is 4.39 Å². The van der Waals surface area contributed by atoms with E-state index < -0.39 is 0 Å². The van der Waals surface area contributed by atoms with Gasteiger partial charge < -0.3 is 4.57 Å². The Morgan fingerprint density at radius 2 is 1.89 bits per heavy atom. The third-order valence-corrected chi connectivity index (χ3v) is 3.57. The minimum atomic E-state index is -0.223. The van der Waals surface area contributed by atoms with Crippen molar-refractivity contribution in [3.05, 3.63) is 64.5 Å². The quantitative estimate of drug-likeness (QED) is 0.606. The molecule has 3 heteroatoms. The number of rotatable bonds is 1. The van der Waals surface area contributed by atoms with Crippen LogP contribution in [-0.2, 0) is 0 Å². The second-order valence-corrected chi connectivity index (χ2v) is 5.21. The maximum absolute atomic E-state index is 14.0. The van der Waals surface area contributed by atoms with Crippen molar-refractivity contribution in [3.63, 3.8) is 0 Å². The summed E-state index contributed by atoms with van der Waals surface area (Å²) in [5.74, 6) is -0.223. The Labute approximate surface area is 113 Å². The molecule has 0 atom stereocenters. The monoisotopic (exact) mass is 303 g/mol.